The molecule has 1 saturated heterocycles. The van der Waals surface area contributed by atoms with Crippen molar-refractivity contribution in [2.45, 2.75) is 38.5 Å². The Kier molecular flexibility index (Phi) is 4.98. The zero-order valence-electron chi connectivity index (χ0n) is 13.5. The van der Waals surface area contributed by atoms with Crippen LogP contribution in [0.5, 0.6) is 0 Å². The zero-order chi connectivity index (χ0) is 16.1. The molecule has 1 spiro atoms. The molecule has 1 aromatic carbocycles. The van der Waals surface area contributed by atoms with E-state index >= 15 is 0 Å². The molecule has 0 unspecified atom stereocenters. The second-order valence-electron chi connectivity index (χ2n) is 5.80. The maximum atomic E-state index is 12.3. The van der Waals surface area contributed by atoms with Gasteiger partial charge in [0.2, 0.25) is 0 Å². The van der Waals surface area contributed by atoms with Crippen molar-refractivity contribution in [2.75, 3.05) is 19.8 Å². The molecule has 0 atom stereocenters. The Hall–Kier alpha value is -1.85. The Morgan fingerprint density at radius 3 is 2.70 bits per heavy atom. The second kappa shape index (κ2) is 7.15. The van der Waals surface area contributed by atoms with E-state index < -0.39 is 5.79 Å². The summed E-state index contributed by atoms with van der Waals surface area (Å²) in [6.45, 7) is 4.04. The van der Waals surface area contributed by atoms with E-state index in [-0.39, 0.29) is 5.97 Å². The number of hydrogen-bond acceptors (Lipinski definition) is 5. The van der Waals surface area contributed by atoms with Crippen LogP contribution >= 0.6 is 0 Å². The van der Waals surface area contributed by atoms with Crippen LogP contribution in [0.25, 0.3) is 0 Å². The monoisotopic (exact) mass is 317 g/mol. The molecule has 1 heterocycles. The van der Waals surface area contributed by atoms with Crippen LogP contribution < -0.4 is 5.32 Å². The third-order valence-electron chi connectivity index (χ3n) is 4.25. The minimum atomic E-state index is -0.639. The molecule has 1 aliphatic heterocycles. The van der Waals surface area contributed by atoms with Crippen LogP contribution in [-0.4, -0.2) is 31.6 Å². The van der Waals surface area contributed by atoms with E-state index in [2.05, 4.69) is 17.4 Å². The highest BCUT2D eigenvalue weighted by molar-refractivity contribution is 5.89. The molecular formula is C18H23NO4. The van der Waals surface area contributed by atoms with Gasteiger partial charge in [0.05, 0.1) is 25.4 Å². The van der Waals surface area contributed by atoms with Crippen molar-refractivity contribution in [3.8, 4) is 0 Å². The van der Waals surface area contributed by atoms with Gasteiger partial charge in [-0.25, -0.2) is 4.79 Å². The molecule has 1 aliphatic carbocycles. The fraction of sp³-hybridized carbons (Fsp3) is 0.500. The molecular weight excluding hydrogens is 294 g/mol. The number of benzene rings is 1. The van der Waals surface area contributed by atoms with Crippen LogP contribution in [-0.2, 0) is 25.5 Å². The number of hydrogen-bond donors (Lipinski definition) is 1. The van der Waals surface area contributed by atoms with Gasteiger partial charge in [0.25, 0.3) is 0 Å². The van der Waals surface area contributed by atoms with Crippen molar-refractivity contribution in [2.24, 2.45) is 0 Å². The van der Waals surface area contributed by atoms with Crippen LogP contribution in [0.1, 0.15) is 31.7 Å². The lowest BCUT2D eigenvalue weighted by Gasteiger charge is -2.33. The van der Waals surface area contributed by atoms with Gasteiger partial charge in [-0.3, -0.25) is 0 Å². The van der Waals surface area contributed by atoms with E-state index in [1.165, 1.54) is 5.56 Å². The molecule has 2 aliphatic rings. The molecule has 1 N–H and O–H groups in total. The largest absolute Gasteiger partial charge is 0.463 e. The zero-order valence-corrected chi connectivity index (χ0v) is 13.5. The molecule has 1 fully saturated rings. The Balaban J connectivity index is 1.76. The fourth-order valence-corrected chi connectivity index (χ4v) is 3.09. The first-order valence-electron chi connectivity index (χ1n) is 8.17. The summed E-state index contributed by atoms with van der Waals surface area (Å²) in [5.74, 6) is -0.916. The van der Waals surface area contributed by atoms with Gasteiger partial charge in [0.1, 0.15) is 0 Å². The summed E-state index contributed by atoms with van der Waals surface area (Å²) >= 11 is 0. The van der Waals surface area contributed by atoms with Crippen molar-refractivity contribution in [1.82, 2.24) is 5.32 Å². The molecule has 0 amide bonds. The average molecular weight is 317 g/mol. The summed E-state index contributed by atoms with van der Waals surface area (Å²) in [4.78, 5) is 12.3. The van der Waals surface area contributed by atoms with Crippen LogP contribution in [0, 0.1) is 0 Å². The summed E-state index contributed by atoms with van der Waals surface area (Å²) in [5, 5.41) is 3.40. The van der Waals surface area contributed by atoms with Crippen molar-refractivity contribution in [1.29, 1.82) is 0 Å². The van der Waals surface area contributed by atoms with E-state index in [1.54, 1.807) is 0 Å². The van der Waals surface area contributed by atoms with Crippen LogP contribution in [0.2, 0.25) is 0 Å². The Bertz CT molecular complexity index is 576. The maximum absolute atomic E-state index is 12.3. The first kappa shape index (κ1) is 16.0. The number of allylic oxidation sites excluding steroid dienone is 1. The summed E-state index contributed by atoms with van der Waals surface area (Å²) in [6.07, 6.45) is 1.93. The van der Waals surface area contributed by atoms with E-state index in [9.17, 15) is 4.79 Å². The van der Waals surface area contributed by atoms with Gasteiger partial charge in [-0.1, -0.05) is 30.3 Å². The van der Waals surface area contributed by atoms with Gasteiger partial charge < -0.3 is 19.5 Å². The number of carbonyl (C=O) groups is 1. The maximum Gasteiger partial charge on any atom is 0.335 e. The first-order chi connectivity index (χ1) is 11.2. The number of ether oxygens (including phenoxy) is 3. The lowest BCUT2D eigenvalue weighted by atomic mass is 9.90. The van der Waals surface area contributed by atoms with Crippen molar-refractivity contribution >= 4 is 5.97 Å². The van der Waals surface area contributed by atoms with Crippen LogP contribution in [0.3, 0.4) is 0 Å². The summed E-state index contributed by atoms with van der Waals surface area (Å²) < 4.78 is 16.7. The quantitative estimate of drug-likeness (QED) is 0.846. The summed E-state index contributed by atoms with van der Waals surface area (Å²) in [6, 6.07) is 10.1. The molecule has 1 aromatic rings. The third kappa shape index (κ3) is 3.74. The number of nitrogens with one attached hydrogen (secondary N) is 1. The topological polar surface area (TPSA) is 56.8 Å². The smallest absolute Gasteiger partial charge is 0.335 e. The Labute approximate surface area is 136 Å². The molecule has 5 nitrogen and oxygen atoms in total. The van der Waals surface area contributed by atoms with Crippen LogP contribution in [0.15, 0.2) is 41.6 Å². The Morgan fingerprint density at radius 1 is 1.26 bits per heavy atom. The highest BCUT2D eigenvalue weighted by Gasteiger charge is 2.42. The van der Waals surface area contributed by atoms with Gasteiger partial charge >= 0.3 is 5.97 Å². The van der Waals surface area contributed by atoms with Crippen molar-refractivity contribution in [3.63, 3.8) is 0 Å². The number of carbonyl (C=O) groups excluding carboxylic acids is 1. The molecule has 5 heteroatoms. The van der Waals surface area contributed by atoms with Crippen LogP contribution in [0.4, 0.5) is 0 Å². The molecule has 0 saturated carbocycles. The van der Waals surface area contributed by atoms with E-state index in [1.807, 2.05) is 25.1 Å². The van der Waals surface area contributed by atoms with E-state index in [4.69, 9.17) is 14.2 Å². The first-order valence-corrected chi connectivity index (χ1v) is 8.17. The molecule has 0 aromatic heterocycles. The lowest BCUT2D eigenvalue weighted by Crippen LogP contribution is -2.38. The predicted molar refractivity (Wildman–Crippen MR) is 85.4 cm³/mol. The summed E-state index contributed by atoms with van der Waals surface area (Å²) in [7, 11) is 0. The fourth-order valence-electron chi connectivity index (χ4n) is 3.09. The van der Waals surface area contributed by atoms with Gasteiger partial charge in [0, 0.05) is 25.1 Å². The molecule has 23 heavy (non-hydrogen) atoms. The number of esters is 1. The Morgan fingerprint density at radius 2 is 2.00 bits per heavy atom. The van der Waals surface area contributed by atoms with Gasteiger partial charge in [-0.2, -0.15) is 0 Å². The SMILES string of the molecule is CCOC(=O)C1=C(NCc2ccccc2)CCC2(C1)OCCO2. The predicted octanol–water partition coefficient (Wildman–Crippen LogP) is 2.52. The second-order valence-corrected chi connectivity index (χ2v) is 5.80. The number of rotatable bonds is 5. The molecule has 124 valence electrons. The lowest BCUT2D eigenvalue weighted by molar-refractivity contribution is -0.168. The molecule has 0 radical (unpaired) electrons. The standard InChI is InChI=1S/C18H23NO4/c1-2-21-17(20)15-12-18(22-10-11-23-18)9-8-16(15)19-13-14-6-4-3-5-7-14/h3-7,19H,2,8-13H2,1H3. The normalized spacial score (nSPS) is 19.9. The van der Waals surface area contributed by atoms with E-state index in [0.29, 0.717) is 38.4 Å². The average Bonchev–Trinajstić information content (AvgIpc) is 3.03. The highest BCUT2D eigenvalue weighted by Crippen LogP contribution is 2.38. The molecule has 3 rings (SSSR count). The van der Waals surface area contributed by atoms with Gasteiger partial charge in [0.15, 0.2) is 5.79 Å². The van der Waals surface area contributed by atoms with Gasteiger partial charge in [-0.05, 0) is 18.9 Å². The minimum Gasteiger partial charge on any atom is -0.463 e. The van der Waals surface area contributed by atoms with Crippen molar-refractivity contribution in [3.05, 3.63) is 47.2 Å². The highest BCUT2D eigenvalue weighted by atomic mass is 16.7. The van der Waals surface area contributed by atoms with Gasteiger partial charge in [-0.15, -0.1) is 0 Å². The molecule has 0 bridgehead atoms. The van der Waals surface area contributed by atoms with E-state index in [0.717, 1.165) is 18.5 Å². The minimum absolute atomic E-state index is 0.277. The third-order valence-corrected chi connectivity index (χ3v) is 4.25. The summed E-state index contributed by atoms with van der Waals surface area (Å²) in [5.41, 5.74) is 2.77. The van der Waals surface area contributed by atoms with Crippen molar-refractivity contribution < 1.29 is 19.0 Å².